The summed E-state index contributed by atoms with van der Waals surface area (Å²) in [6.07, 6.45) is 0. The summed E-state index contributed by atoms with van der Waals surface area (Å²) in [7, 11) is -3.29. The lowest BCUT2D eigenvalue weighted by molar-refractivity contribution is -0.742. The topological polar surface area (TPSA) is 127 Å². The summed E-state index contributed by atoms with van der Waals surface area (Å²) < 4.78 is 29.7. The van der Waals surface area contributed by atoms with Gasteiger partial charge in [0.05, 0.1) is 7.11 Å². The number of hydrogen-bond acceptors (Lipinski definition) is 5. The van der Waals surface area contributed by atoms with Crippen molar-refractivity contribution >= 4 is 10.4 Å². The zero-order chi connectivity index (χ0) is 8.78. The van der Waals surface area contributed by atoms with E-state index in [-0.39, 0.29) is 0 Å². The van der Waals surface area contributed by atoms with Crippen LogP contribution in [0, 0.1) is 10.1 Å². The van der Waals surface area contributed by atoms with E-state index in [4.69, 9.17) is 19.9 Å². The van der Waals surface area contributed by atoms with Crippen molar-refractivity contribution in [3.63, 3.8) is 0 Å². The summed E-state index contributed by atoms with van der Waals surface area (Å²) >= 11 is 0. The molecule has 0 fully saturated rings. The average molecular weight is 175 g/mol. The van der Waals surface area contributed by atoms with Crippen LogP contribution < -0.4 is 0 Å². The van der Waals surface area contributed by atoms with E-state index >= 15 is 0 Å². The van der Waals surface area contributed by atoms with E-state index in [1.54, 1.807) is 0 Å². The summed E-state index contributed by atoms with van der Waals surface area (Å²) in [5.74, 6) is 0. The van der Waals surface area contributed by atoms with E-state index in [1.165, 1.54) is 0 Å². The first kappa shape index (κ1) is 11.8. The number of rotatable bonds is 1. The van der Waals surface area contributed by atoms with Crippen LogP contribution >= 0.6 is 0 Å². The van der Waals surface area contributed by atoms with Gasteiger partial charge in [-0.2, -0.15) is 8.42 Å². The fraction of sp³-hybridized carbons (Fsp3) is 1.00. The molecule has 10 heavy (non-hydrogen) atoms. The highest BCUT2D eigenvalue weighted by atomic mass is 32.3. The molecule has 2 N–H and O–H groups in total. The monoisotopic (exact) mass is 175 g/mol. The van der Waals surface area contributed by atoms with Gasteiger partial charge in [-0.1, -0.05) is 0 Å². The molecule has 0 aromatic heterocycles. The lowest BCUT2D eigenvalue weighted by Gasteiger charge is -1.82. The van der Waals surface area contributed by atoms with E-state index < -0.39 is 15.5 Å². The Kier molecular flexibility index (Phi) is 5.79. The van der Waals surface area contributed by atoms with Crippen molar-refractivity contribution < 1.29 is 27.4 Å². The maximum atomic E-state index is 9.33. The Balaban J connectivity index is 0. The minimum Gasteiger partial charge on any atom is -0.328 e. The van der Waals surface area contributed by atoms with Crippen molar-refractivity contribution in [2.45, 2.75) is 0 Å². The second-order valence-electron chi connectivity index (χ2n) is 0.832. The standard InChI is InChI=1S/CH4O4S.HNO3/c1-5-6(2,3)4;2-1(3)4/h1H3,(H,2,3,4);(H,2,3,4). The van der Waals surface area contributed by atoms with Gasteiger partial charge in [-0.15, -0.1) is 10.1 Å². The van der Waals surface area contributed by atoms with Crippen LogP contribution in [0.1, 0.15) is 0 Å². The van der Waals surface area contributed by atoms with Crippen molar-refractivity contribution in [3.8, 4) is 0 Å². The van der Waals surface area contributed by atoms with E-state index in [0.29, 0.717) is 0 Å². The van der Waals surface area contributed by atoms with Gasteiger partial charge in [0.1, 0.15) is 0 Å². The molecular weight excluding hydrogens is 170 g/mol. The van der Waals surface area contributed by atoms with Gasteiger partial charge in [0.2, 0.25) is 0 Å². The van der Waals surface area contributed by atoms with Crippen molar-refractivity contribution in [2.75, 3.05) is 7.11 Å². The largest absolute Gasteiger partial charge is 0.397 e. The summed E-state index contributed by atoms with van der Waals surface area (Å²) in [5, 5.41) is 13.6. The SMILES string of the molecule is COS(=O)(=O)O.O=[N+]([O-])O. The minimum atomic E-state index is -4.16. The molecule has 0 rings (SSSR count). The van der Waals surface area contributed by atoms with Crippen LogP contribution in [-0.4, -0.2) is 30.4 Å². The van der Waals surface area contributed by atoms with Crippen LogP contribution in [0.2, 0.25) is 0 Å². The van der Waals surface area contributed by atoms with Gasteiger partial charge < -0.3 is 5.21 Å². The molecule has 0 heterocycles. The van der Waals surface area contributed by atoms with E-state index in [9.17, 15) is 8.42 Å². The Morgan fingerprint density at radius 1 is 1.60 bits per heavy atom. The maximum absolute atomic E-state index is 9.33. The maximum Gasteiger partial charge on any atom is 0.397 e. The molecule has 0 atom stereocenters. The Hall–Kier alpha value is -0.930. The molecule has 0 unspecified atom stereocenters. The average Bonchev–Trinajstić information content (AvgIpc) is 1.63. The predicted octanol–water partition coefficient (Wildman–Crippen LogP) is -0.912. The van der Waals surface area contributed by atoms with Gasteiger partial charge in [-0.25, -0.2) is 0 Å². The van der Waals surface area contributed by atoms with Gasteiger partial charge in [0.15, 0.2) is 0 Å². The second-order valence-corrected chi connectivity index (χ2v) is 2.02. The highest BCUT2D eigenvalue weighted by molar-refractivity contribution is 7.80. The van der Waals surface area contributed by atoms with E-state index in [0.717, 1.165) is 7.11 Å². The second kappa shape index (κ2) is 4.90. The quantitative estimate of drug-likeness (QED) is 0.300. The summed E-state index contributed by atoms with van der Waals surface area (Å²) in [6.45, 7) is 0. The van der Waals surface area contributed by atoms with Crippen molar-refractivity contribution in [3.05, 3.63) is 10.1 Å². The molecule has 0 aliphatic rings. The minimum absolute atomic E-state index is 0.870. The molecule has 8 nitrogen and oxygen atoms in total. The Labute approximate surface area is 56.1 Å². The molecule has 0 radical (unpaired) electrons. The first-order valence-corrected chi connectivity index (χ1v) is 3.02. The fourth-order valence-corrected chi connectivity index (χ4v) is 0. The molecule has 0 aliphatic heterocycles. The summed E-state index contributed by atoms with van der Waals surface area (Å²) in [6, 6.07) is 0. The van der Waals surface area contributed by atoms with Gasteiger partial charge >= 0.3 is 10.4 Å². The Morgan fingerprint density at radius 2 is 1.70 bits per heavy atom. The molecule has 0 spiro atoms. The van der Waals surface area contributed by atoms with Crippen LogP contribution in [0.15, 0.2) is 0 Å². The molecule has 9 heteroatoms. The number of hydrogen-bond donors (Lipinski definition) is 2. The van der Waals surface area contributed by atoms with Crippen LogP contribution in [-0.2, 0) is 14.6 Å². The fourth-order valence-electron chi connectivity index (χ4n) is 0. The normalized spacial score (nSPS) is 9.40. The molecular formula is CH5NO7S. The molecule has 0 saturated carbocycles. The van der Waals surface area contributed by atoms with E-state index in [2.05, 4.69) is 4.18 Å². The smallest absolute Gasteiger partial charge is 0.328 e. The van der Waals surface area contributed by atoms with Crippen LogP contribution in [0.25, 0.3) is 0 Å². The van der Waals surface area contributed by atoms with Crippen LogP contribution in [0.4, 0.5) is 0 Å². The third kappa shape index (κ3) is 60.8. The highest BCUT2D eigenvalue weighted by Crippen LogP contribution is 1.74. The third-order valence-corrected chi connectivity index (χ3v) is 0.632. The molecule has 0 saturated heterocycles. The molecule has 0 aromatic carbocycles. The zero-order valence-electron chi connectivity index (χ0n) is 4.79. The lowest BCUT2D eigenvalue weighted by Crippen LogP contribution is -1.96. The molecule has 0 bridgehead atoms. The van der Waals surface area contributed by atoms with Crippen molar-refractivity contribution in [1.29, 1.82) is 0 Å². The van der Waals surface area contributed by atoms with Crippen LogP contribution in [0.3, 0.4) is 0 Å². The predicted molar refractivity (Wildman–Crippen MR) is 27.3 cm³/mol. The van der Waals surface area contributed by atoms with Gasteiger partial charge in [0, 0.05) is 0 Å². The summed E-state index contributed by atoms with van der Waals surface area (Å²) in [5.41, 5.74) is 0. The zero-order valence-corrected chi connectivity index (χ0v) is 5.61. The molecule has 0 amide bonds. The number of nitrogens with zero attached hydrogens (tertiary/aromatic N) is 1. The third-order valence-electron chi connectivity index (χ3n) is 0.211. The van der Waals surface area contributed by atoms with Crippen LogP contribution in [0.5, 0.6) is 0 Å². The Morgan fingerprint density at radius 3 is 1.70 bits per heavy atom. The highest BCUT2D eigenvalue weighted by Gasteiger charge is 1.93. The lowest BCUT2D eigenvalue weighted by atomic mass is 11.8. The first-order valence-electron chi connectivity index (χ1n) is 1.66. The Bertz CT molecular complexity index is 176. The summed E-state index contributed by atoms with van der Waals surface area (Å²) in [4.78, 5) is 8.36. The molecule has 0 aliphatic carbocycles. The first-order chi connectivity index (χ1) is 4.29. The van der Waals surface area contributed by atoms with Gasteiger partial charge in [-0.05, 0) is 0 Å². The van der Waals surface area contributed by atoms with E-state index in [1.807, 2.05) is 0 Å². The molecule has 62 valence electrons. The van der Waals surface area contributed by atoms with Gasteiger partial charge in [0.25, 0.3) is 5.09 Å². The molecule has 0 aromatic rings. The van der Waals surface area contributed by atoms with Crippen molar-refractivity contribution in [1.82, 2.24) is 0 Å². The van der Waals surface area contributed by atoms with Crippen molar-refractivity contribution in [2.24, 2.45) is 0 Å². The van der Waals surface area contributed by atoms with Gasteiger partial charge in [-0.3, -0.25) is 8.74 Å².